The van der Waals surface area contributed by atoms with Crippen LogP contribution in [0.15, 0.2) is 66.7 Å². The van der Waals surface area contributed by atoms with Crippen LogP contribution in [0.3, 0.4) is 0 Å². The van der Waals surface area contributed by atoms with Crippen LogP contribution in [-0.4, -0.2) is 12.1 Å². The van der Waals surface area contributed by atoms with Crippen molar-refractivity contribution in [2.75, 3.05) is 12.1 Å². The Bertz CT molecular complexity index is 981. The van der Waals surface area contributed by atoms with Gasteiger partial charge in [0.05, 0.1) is 0 Å². The summed E-state index contributed by atoms with van der Waals surface area (Å²) in [7, 11) is 6.55. The zero-order valence-corrected chi connectivity index (χ0v) is 23.0. The van der Waals surface area contributed by atoms with Crippen molar-refractivity contribution in [1.29, 1.82) is 0 Å². The van der Waals surface area contributed by atoms with Gasteiger partial charge in [-0.2, -0.15) is 23.7 Å². The van der Waals surface area contributed by atoms with Crippen LogP contribution in [0.1, 0.15) is 47.6 Å². The first kappa shape index (κ1) is 28.9. The van der Waals surface area contributed by atoms with Crippen molar-refractivity contribution in [2.24, 2.45) is 0 Å². The first-order chi connectivity index (χ1) is 15.4. The number of hydrogen-bond donors (Lipinski definition) is 1. The van der Waals surface area contributed by atoms with E-state index >= 15 is 0 Å². The molecule has 0 saturated heterocycles. The molecule has 3 nitrogen and oxygen atoms in total. The molecule has 1 N–H and O–H groups in total. The fourth-order valence-corrected chi connectivity index (χ4v) is 3.40. The van der Waals surface area contributed by atoms with Gasteiger partial charge in [0.15, 0.2) is 0 Å². The van der Waals surface area contributed by atoms with Crippen LogP contribution >= 0.6 is 9.69 Å². The number of benzene rings is 3. The molecule has 33 heavy (non-hydrogen) atoms. The maximum absolute atomic E-state index is 4.57. The average molecular weight is 549 g/mol. The molecule has 0 aliphatic carbocycles. The third-order valence-corrected chi connectivity index (χ3v) is 5.17. The zero-order valence-electron chi connectivity index (χ0n) is 20.6. The van der Waals surface area contributed by atoms with E-state index < -0.39 is 0 Å². The Hall–Kier alpha value is -2.13. The van der Waals surface area contributed by atoms with Crippen LogP contribution in [0.5, 0.6) is 0 Å². The van der Waals surface area contributed by atoms with Crippen LogP contribution in [-0.2, 0) is 17.3 Å². The Labute approximate surface area is 215 Å². The predicted octanol–water partition coefficient (Wildman–Crippen LogP) is 7.33. The van der Waals surface area contributed by atoms with E-state index in [9.17, 15) is 0 Å². The Morgan fingerprint density at radius 2 is 1.48 bits per heavy atom. The third kappa shape index (κ3) is 8.00. The van der Waals surface area contributed by atoms with E-state index in [1.165, 1.54) is 22.3 Å². The number of hydrogen-bond acceptors (Lipinski definition) is 3. The van der Waals surface area contributed by atoms with E-state index in [2.05, 4.69) is 105 Å². The number of nitrogens with one attached hydrogen (secondary N) is 1. The van der Waals surface area contributed by atoms with Crippen molar-refractivity contribution >= 4 is 21.1 Å². The van der Waals surface area contributed by atoms with Gasteiger partial charge in [-0.25, -0.2) is 11.6 Å². The fourth-order valence-electron chi connectivity index (χ4n) is 3.40. The number of halogens is 1. The Balaban J connectivity index is 0.000000356. The molecule has 0 unspecified atom stereocenters. The van der Waals surface area contributed by atoms with Gasteiger partial charge in [0.2, 0.25) is 0 Å². The molecule has 1 aliphatic heterocycles. The molecule has 1 aliphatic rings. The van der Waals surface area contributed by atoms with Crippen molar-refractivity contribution in [2.45, 2.75) is 40.5 Å². The Morgan fingerprint density at radius 1 is 0.879 bits per heavy atom. The topological polar surface area (TPSA) is 18.5 Å². The van der Waals surface area contributed by atoms with Gasteiger partial charge in [-0.1, -0.05) is 73.0 Å². The standard InChI is InChI=1S/C17H17N3.C10H14.CH3.ClH.Ru/c1-13-8-7-9-14(2)17(13)20-12-16(19(3)18-20)15-10-5-4-6-11-15;1-8(2)10-6-4-9(3)5-7-10;;;/h4-10,18H,1-3H3;4-8H,1-3H3;1H3;1H;/q-2;;-1;;+4/p-1. The van der Waals surface area contributed by atoms with E-state index in [-0.39, 0.29) is 7.43 Å². The molecule has 0 atom stereocenters. The molecule has 0 saturated carbocycles. The number of anilines is 1. The molecule has 5 heteroatoms. The second kappa shape index (κ2) is 14.2. The first-order valence-electron chi connectivity index (χ1n) is 10.5. The zero-order chi connectivity index (χ0) is 23.7. The van der Waals surface area contributed by atoms with Gasteiger partial charge >= 0.3 is 27.0 Å². The van der Waals surface area contributed by atoms with Crippen LogP contribution in [0.2, 0.25) is 0 Å². The molecular formula is C28H34ClN3Ru. The molecule has 0 fully saturated rings. The van der Waals surface area contributed by atoms with Gasteiger partial charge < -0.3 is 17.4 Å². The first-order valence-corrected chi connectivity index (χ1v) is 12.8. The summed E-state index contributed by atoms with van der Waals surface area (Å²) in [4.78, 5) is 0. The summed E-state index contributed by atoms with van der Waals surface area (Å²) in [6.07, 6.45) is 3.39. The van der Waals surface area contributed by atoms with Gasteiger partial charge in [0, 0.05) is 7.05 Å². The summed E-state index contributed by atoms with van der Waals surface area (Å²) < 4.78 is 0. The molecule has 0 radical (unpaired) electrons. The summed E-state index contributed by atoms with van der Waals surface area (Å²) in [6, 6.07) is 26.2. The van der Waals surface area contributed by atoms with Crippen LogP contribution in [0.25, 0.3) is 5.70 Å². The minimum absolute atomic E-state index is 0. The van der Waals surface area contributed by atoms with Gasteiger partial charge in [-0.05, 0) is 37.9 Å². The number of hydrazine groups is 2. The van der Waals surface area contributed by atoms with Gasteiger partial charge in [0.25, 0.3) is 0 Å². The molecule has 176 valence electrons. The van der Waals surface area contributed by atoms with Crippen molar-refractivity contribution < 1.29 is 17.3 Å². The van der Waals surface area contributed by atoms with Crippen molar-refractivity contribution in [3.63, 3.8) is 0 Å². The van der Waals surface area contributed by atoms with E-state index in [1.54, 1.807) is 0 Å². The quantitative estimate of drug-likeness (QED) is 0.273. The van der Waals surface area contributed by atoms with E-state index in [0.29, 0.717) is 5.92 Å². The second-order valence-corrected chi connectivity index (χ2v) is 8.04. The number of rotatable bonds is 3. The summed E-state index contributed by atoms with van der Waals surface area (Å²) in [6.45, 7) is 10.8. The molecule has 4 rings (SSSR count). The van der Waals surface area contributed by atoms with Crippen LogP contribution < -0.4 is 10.5 Å². The Morgan fingerprint density at radius 3 is 2.00 bits per heavy atom. The number of nitrogens with zero attached hydrogens (tertiary/aromatic N) is 2. The van der Waals surface area contributed by atoms with E-state index in [0.717, 1.165) is 16.9 Å². The Kier molecular flexibility index (Phi) is 12.4. The molecule has 3 aromatic carbocycles. The second-order valence-electron chi connectivity index (χ2n) is 8.04. The van der Waals surface area contributed by atoms with E-state index in [1.807, 2.05) is 58.6 Å². The number of para-hydroxylation sites is 1. The van der Waals surface area contributed by atoms with Gasteiger partial charge in [-0.3, -0.25) is 0 Å². The molecule has 3 aromatic rings. The van der Waals surface area contributed by atoms with Crippen LogP contribution in [0.4, 0.5) is 5.69 Å². The molecule has 0 bridgehead atoms. The van der Waals surface area contributed by atoms with Crippen molar-refractivity contribution in [3.8, 4) is 0 Å². The summed E-state index contributed by atoms with van der Waals surface area (Å²) >= 11 is 1.82. The summed E-state index contributed by atoms with van der Waals surface area (Å²) in [5.74, 6) is 0.653. The normalized spacial score (nSPS) is 12.2. The van der Waals surface area contributed by atoms with E-state index in [4.69, 9.17) is 0 Å². The predicted molar refractivity (Wildman–Crippen MR) is 139 cm³/mol. The minimum atomic E-state index is 0. The fraction of sp³-hybridized carbons (Fsp3) is 0.250. The monoisotopic (exact) mass is 549 g/mol. The summed E-state index contributed by atoms with van der Waals surface area (Å²) in [5, 5.41) is 3.90. The summed E-state index contributed by atoms with van der Waals surface area (Å²) in [5.41, 5.74) is 11.6. The SMILES string of the molecule is Cc1ccc(C(C)C)cc1.Cc1cccc(C)c1N1[C-]=C(c2[c-]cccc2)N(C)N1.[CH3-].[Cl][Ru+3]. The van der Waals surface area contributed by atoms with Crippen LogP contribution in [0, 0.1) is 40.5 Å². The molecule has 0 aromatic heterocycles. The van der Waals surface area contributed by atoms with Gasteiger partial charge in [-0.15, -0.1) is 18.0 Å². The van der Waals surface area contributed by atoms with Crippen molar-refractivity contribution in [1.82, 2.24) is 10.5 Å². The average Bonchev–Trinajstić information content (AvgIpc) is 3.17. The molecule has 1 heterocycles. The maximum atomic E-state index is 4.57. The number of aryl methyl sites for hydroxylation is 3. The van der Waals surface area contributed by atoms with Gasteiger partial charge in [0.1, 0.15) is 0 Å². The molecular weight excluding hydrogens is 515 g/mol. The van der Waals surface area contributed by atoms with Crippen molar-refractivity contribution in [3.05, 3.63) is 114 Å². The third-order valence-electron chi connectivity index (χ3n) is 5.17. The molecule has 0 amide bonds. The molecule has 0 spiro atoms.